The Morgan fingerprint density at radius 2 is 2.07 bits per heavy atom. The smallest absolute Gasteiger partial charge is 0.242 e. The van der Waals surface area contributed by atoms with Gasteiger partial charge >= 0.3 is 0 Å². The zero-order valence-corrected chi connectivity index (χ0v) is 18.2. The standard InChI is InChI=1S/C21H22ClN3O3S/c1-12-6-5-7-15(13(12)2)23-19(26)11-18-20(27)25(3)21(29-18)24-16-10-14(22)8-9-17(16)28-4/h5-10,18H,11H2,1-4H3,(H,23,26)/t18-/m1/s1. The van der Waals surface area contributed by atoms with Gasteiger partial charge in [0.25, 0.3) is 0 Å². The molecule has 0 spiro atoms. The SMILES string of the molecule is COc1ccc(Cl)cc1N=C1S[C@H](CC(=O)Nc2cccc(C)c2C)C(=O)N1C. The van der Waals surface area contributed by atoms with Crippen LogP contribution in [-0.2, 0) is 9.59 Å². The second kappa shape index (κ2) is 8.88. The quantitative estimate of drug-likeness (QED) is 0.753. The van der Waals surface area contributed by atoms with Crippen LogP contribution in [0.5, 0.6) is 5.75 Å². The number of benzene rings is 2. The fourth-order valence-corrected chi connectivity index (χ4v) is 4.22. The number of aryl methyl sites for hydroxylation is 1. The summed E-state index contributed by atoms with van der Waals surface area (Å²) in [5.74, 6) is 0.185. The average molecular weight is 432 g/mol. The van der Waals surface area contributed by atoms with E-state index in [9.17, 15) is 9.59 Å². The Morgan fingerprint density at radius 1 is 1.31 bits per heavy atom. The van der Waals surface area contributed by atoms with Gasteiger partial charge in [0.05, 0.1) is 7.11 Å². The van der Waals surface area contributed by atoms with Gasteiger partial charge in [-0.05, 0) is 49.2 Å². The molecule has 0 saturated carbocycles. The van der Waals surface area contributed by atoms with E-state index in [1.807, 2.05) is 32.0 Å². The maximum atomic E-state index is 12.6. The Labute approximate surface area is 179 Å². The number of nitrogens with one attached hydrogen (secondary N) is 1. The van der Waals surface area contributed by atoms with Crippen molar-refractivity contribution in [3.8, 4) is 5.75 Å². The molecule has 1 N–H and O–H groups in total. The van der Waals surface area contributed by atoms with Gasteiger partial charge in [-0.1, -0.05) is 35.5 Å². The number of amidine groups is 1. The zero-order chi connectivity index (χ0) is 21.1. The Hall–Kier alpha value is -2.51. The van der Waals surface area contributed by atoms with Crippen molar-refractivity contribution in [2.45, 2.75) is 25.5 Å². The number of hydrogen-bond acceptors (Lipinski definition) is 5. The third-order valence-electron chi connectivity index (χ3n) is 4.75. The van der Waals surface area contributed by atoms with Crippen molar-refractivity contribution < 1.29 is 14.3 Å². The Balaban J connectivity index is 1.74. The molecule has 152 valence electrons. The highest BCUT2D eigenvalue weighted by atomic mass is 35.5. The number of nitrogens with zero attached hydrogens (tertiary/aromatic N) is 2. The van der Waals surface area contributed by atoms with Gasteiger partial charge in [-0.2, -0.15) is 0 Å². The minimum absolute atomic E-state index is 0.0624. The summed E-state index contributed by atoms with van der Waals surface area (Å²) in [7, 11) is 3.19. The van der Waals surface area contributed by atoms with Crippen molar-refractivity contribution in [2.24, 2.45) is 4.99 Å². The number of rotatable bonds is 5. The molecule has 1 aliphatic heterocycles. The summed E-state index contributed by atoms with van der Waals surface area (Å²) in [6.07, 6.45) is 0.0624. The largest absolute Gasteiger partial charge is 0.494 e. The molecule has 0 bridgehead atoms. The first kappa shape index (κ1) is 21.2. The van der Waals surface area contributed by atoms with Crippen LogP contribution in [0.25, 0.3) is 0 Å². The van der Waals surface area contributed by atoms with E-state index in [4.69, 9.17) is 16.3 Å². The Morgan fingerprint density at radius 3 is 2.79 bits per heavy atom. The maximum absolute atomic E-state index is 12.6. The third-order valence-corrected chi connectivity index (χ3v) is 6.21. The number of anilines is 1. The fraction of sp³-hybridized carbons (Fsp3) is 0.286. The molecule has 29 heavy (non-hydrogen) atoms. The first-order valence-corrected chi connectivity index (χ1v) is 10.3. The van der Waals surface area contributed by atoms with E-state index in [0.717, 1.165) is 16.8 Å². The molecule has 6 nitrogen and oxygen atoms in total. The zero-order valence-electron chi connectivity index (χ0n) is 16.7. The van der Waals surface area contributed by atoms with E-state index in [1.54, 1.807) is 32.4 Å². The second-order valence-corrected chi connectivity index (χ2v) is 8.32. The number of carbonyl (C=O) groups excluding carboxylic acids is 2. The number of aliphatic imine (C=N–C) groups is 1. The van der Waals surface area contributed by atoms with E-state index < -0.39 is 5.25 Å². The molecule has 1 saturated heterocycles. The lowest BCUT2D eigenvalue weighted by Gasteiger charge is -2.12. The number of thioether (sulfide) groups is 1. The fourth-order valence-electron chi connectivity index (χ4n) is 2.91. The summed E-state index contributed by atoms with van der Waals surface area (Å²) >= 11 is 7.32. The van der Waals surface area contributed by atoms with Crippen LogP contribution in [0.2, 0.25) is 5.02 Å². The number of halogens is 1. The molecule has 2 aromatic rings. The highest BCUT2D eigenvalue weighted by Gasteiger charge is 2.37. The van der Waals surface area contributed by atoms with Gasteiger partial charge in [-0.25, -0.2) is 4.99 Å². The lowest BCUT2D eigenvalue weighted by Crippen LogP contribution is -2.30. The van der Waals surface area contributed by atoms with Crippen molar-refractivity contribution in [3.05, 3.63) is 52.5 Å². The molecule has 0 unspecified atom stereocenters. The van der Waals surface area contributed by atoms with Gasteiger partial charge in [0, 0.05) is 24.2 Å². The molecule has 0 aromatic heterocycles. The molecular weight excluding hydrogens is 410 g/mol. The van der Waals surface area contributed by atoms with Crippen LogP contribution in [0.3, 0.4) is 0 Å². The van der Waals surface area contributed by atoms with E-state index in [1.165, 1.54) is 16.7 Å². The average Bonchev–Trinajstić information content (AvgIpc) is 2.93. The summed E-state index contributed by atoms with van der Waals surface area (Å²) in [6, 6.07) is 10.8. The van der Waals surface area contributed by atoms with Crippen LogP contribution in [0, 0.1) is 13.8 Å². The maximum Gasteiger partial charge on any atom is 0.242 e. The van der Waals surface area contributed by atoms with E-state index in [2.05, 4.69) is 10.3 Å². The highest BCUT2D eigenvalue weighted by molar-refractivity contribution is 8.15. The van der Waals surface area contributed by atoms with E-state index >= 15 is 0 Å². The van der Waals surface area contributed by atoms with Crippen LogP contribution < -0.4 is 10.1 Å². The van der Waals surface area contributed by atoms with Gasteiger partial charge in [-0.3, -0.25) is 14.5 Å². The molecule has 1 atom stereocenters. The Kier molecular flexibility index (Phi) is 6.49. The summed E-state index contributed by atoms with van der Waals surface area (Å²) in [5, 5.41) is 3.39. The number of hydrogen-bond donors (Lipinski definition) is 1. The molecule has 1 aliphatic rings. The summed E-state index contributed by atoms with van der Waals surface area (Å²) in [5.41, 5.74) is 3.40. The van der Waals surface area contributed by atoms with Crippen molar-refractivity contribution in [2.75, 3.05) is 19.5 Å². The molecule has 8 heteroatoms. The molecule has 0 radical (unpaired) electrons. The molecule has 2 aromatic carbocycles. The Bertz CT molecular complexity index is 993. The lowest BCUT2D eigenvalue weighted by molar-refractivity contribution is -0.127. The van der Waals surface area contributed by atoms with E-state index in [0.29, 0.717) is 21.6 Å². The molecular formula is C21H22ClN3O3S. The topological polar surface area (TPSA) is 71.0 Å². The van der Waals surface area contributed by atoms with Crippen LogP contribution in [0.1, 0.15) is 17.5 Å². The highest BCUT2D eigenvalue weighted by Crippen LogP contribution is 2.35. The number of methoxy groups -OCH3 is 1. The predicted molar refractivity (Wildman–Crippen MR) is 118 cm³/mol. The van der Waals surface area contributed by atoms with Crippen molar-refractivity contribution in [1.82, 2.24) is 4.90 Å². The van der Waals surface area contributed by atoms with Gasteiger partial charge in [0.2, 0.25) is 11.8 Å². The van der Waals surface area contributed by atoms with Crippen LogP contribution >= 0.6 is 23.4 Å². The molecule has 2 amide bonds. The molecule has 1 heterocycles. The molecule has 1 fully saturated rings. The summed E-state index contributed by atoms with van der Waals surface area (Å²) in [4.78, 5) is 31.1. The summed E-state index contributed by atoms with van der Waals surface area (Å²) in [6.45, 7) is 3.94. The minimum atomic E-state index is -0.533. The van der Waals surface area contributed by atoms with E-state index in [-0.39, 0.29) is 18.2 Å². The van der Waals surface area contributed by atoms with Gasteiger partial charge in [0.15, 0.2) is 5.17 Å². The van der Waals surface area contributed by atoms with Crippen LogP contribution in [0.4, 0.5) is 11.4 Å². The van der Waals surface area contributed by atoms with Crippen LogP contribution in [0.15, 0.2) is 41.4 Å². The van der Waals surface area contributed by atoms with Gasteiger partial charge in [0.1, 0.15) is 16.7 Å². The predicted octanol–water partition coefficient (Wildman–Crippen LogP) is 4.56. The third kappa shape index (κ3) is 4.74. The summed E-state index contributed by atoms with van der Waals surface area (Å²) < 4.78 is 5.31. The number of amides is 2. The lowest BCUT2D eigenvalue weighted by atomic mass is 10.1. The van der Waals surface area contributed by atoms with Crippen molar-refractivity contribution in [1.29, 1.82) is 0 Å². The van der Waals surface area contributed by atoms with Crippen LogP contribution in [-0.4, -0.2) is 41.3 Å². The normalized spacial score (nSPS) is 17.7. The van der Waals surface area contributed by atoms with Crippen molar-refractivity contribution in [3.63, 3.8) is 0 Å². The van der Waals surface area contributed by atoms with Gasteiger partial charge in [-0.15, -0.1) is 0 Å². The molecule has 3 rings (SSSR count). The number of carbonyl (C=O) groups is 2. The van der Waals surface area contributed by atoms with Gasteiger partial charge < -0.3 is 10.1 Å². The molecule has 0 aliphatic carbocycles. The first-order chi connectivity index (χ1) is 13.8. The number of ether oxygens (including phenoxy) is 1. The van der Waals surface area contributed by atoms with Crippen molar-refractivity contribution >= 4 is 51.7 Å². The minimum Gasteiger partial charge on any atom is -0.494 e. The monoisotopic (exact) mass is 431 g/mol. The second-order valence-electron chi connectivity index (χ2n) is 6.71. The first-order valence-electron chi connectivity index (χ1n) is 9.02.